The molecule has 9 heteroatoms. The molecule has 1 aliphatic carbocycles. The molecular weight excluding hydrogens is 417 g/mol. The van der Waals surface area contributed by atoms with E-state index in [0.29, 0.717) is 28.4 Å². The Morgan fingerprint density at radius 2 is 2.23 bits per heavy atom. The Kier molecular flexibility index (Phi) is 5.94. The zero-order valence-electron chi connectivity index (χ0n) is 17.0. The van der Waals surface area contributed by atoms with Crippen molar-refractivity contribution < 1.29 is 13.9 Å². The van der Waals surface area contributed by atoms with E-state index in [0.717, 1.165) is 18.6 Å². The van der Waals surface area contributed by atoms with Gasteiger partial charge in [-0.25, -0.2) is 9.37 Å². The molecule has 2 heterocycles. The van der Waals surface area contributed by atoms with Crippen LogP contribution in [0.25, 0.3) is 0 Å². The van der Waals surface area contributed by atoms with Gasteiger partial charge in [0, 0.05) is 36.7 Å². The molecule has 1 fully saturated rings. The number of methoxy groups -OCH3 is 1. The maximum atomic E-state index is 15.1. The second kappa shape index (κ2) is 8.65. The number of ether oxygens (including phenoxy) is 1. The summed E-state index contributed by atoms with van der Waals surface area (Å²) in [6, 6.07) is 9.43. The molecule has 160 valence electrons. The Labute approximate surface area is 183 Å². The van der Waals surface area contributed by atoms with Gasteiger partial charge < -0.3 is 15.8 Å². The SMILES string of the molecule is CO[C@@H]1CC[C@H]2CSC(N)=N[C@@]2(c2cc(NC(=O)c3ccc(C#N)cn3)ccc2F)C1. The first-order chi connectivity index (χ1) is 14.9. The highest BCUT2D eigenvalue weighted by atomic mass is 32.2. The average molecular weight is 440 g/mol. The number of hydrogen-bond donors (Lipinski definition) is 2. The van der Waals surface area contributed by atoms with E-state index in [4.69, 9.17) is 20.7 Å². The van der Waals surface area contributed by atoms with E-state index in [1.165, 1.54) is 42.2 Å². The number of hydrogen-bond acceptors (Lipinski definition) is 7. The Hall–Kier alpha value is -2.96. The van der Waals surface area contributed by atoms with Crippen LogP contribution in [0.4, 0.5) is 10.1 Å². The van der Waals surface area contributed by atoms with Crippen LogP contribution in [0.3, 0.4) is 0 Å². The van der Waals surface area contributed by atoms with Crippen molar-refractivity contribution in [2.24, 2.45) is 16.6 Å². The minimum atomic E-state index is -0.828. The fourth-order valence-corrected chi connectivity index (χ4v) is 5.37. The monoisotopic (exact) mass is 439 g/mol. The third-order valence-electron chi connectivity index (χ3n) is 5.94. The van der Waals surface area contributed by atoms with Gasteiger partial charge in [0.25, 0.3) is 5.91 Å². The molecule has 2 aliphatic rings. The smallest absolute Gasteiger partial charge is 0.274 e. The summed E-state index contributed by atoms with van der Waals surface area (Å²) in [4.78, 5) is 21.3. The van der Waals surface area contributed by atoms with Crippen LogP contribution < -0.4 is 11.1 Å². The van der Waals surface area contributed by atoms with Crippen molar-refractivity contribution in [1.82, 2.24) is 4.98 Å². The van der Waals surface area contributed by atoms with Crippen LogP contribution in [0, 0.1) is 23.1 Å². The number of carbonyl (C=O) groups excluding carboxylic acids is 1. The summed E-state index contributed by atoms with van der Waals surface area (Å²) in [5.74, 6) is 0.0463. The molecule has 1 aliphatic heterocycles. The number of fused-ring (bicyclic) bond motifs is 1. The summed E-state index contributed by atoms with van der Waals surface area (Å²) in [6.45, 7) is 0. The number of carbonyl (C=O) groups is 1. The van der Waals surface area contributed by atoms with Crippen LogP contribution in [-0.2, 0) is 10.3 Å². The Morgan fingerprint density at radius 1 is 1.39 bits per heavy atom. The number of aliphatic imine (C=N–C) groups is 1. The summed E-state index contributed by atoms with van der Waals surface area (Å²) in [6.07, 6.45) is 3.56. The molecule has 1 saturated carbocycles. The predicted molar refractivity (Wildman–Crippen MR) is 117 cm³/mol. The summed E-state index contributed by atoms with van der Waals surface area (Å²) >= 11 is 1.49. The highest BCUT2D eigenvalue weighted by Gasteiger charge is 2.49. The van der Waals surface area contributed by atoms with Gasteiger partial charge in [-0.05, 0) is 49.1 Å². The molecular formula is C22H22FN5O2S. The second-order valence-electron chi connectivity index (χ2n) is 7.71. The normalized spacial score (nSPS) is 25.1. The molecule has 31 heavy (non-hydrogen) atoms. The largest absolute Gasteiger partial charge is 0.381 e. The van der Waals surface area contributed by atoms with Crippen molar-refractivity contribution in [3.63, 3.8) is 0 Å². The first-order valence-corrected chi connectivity index (χ1v) is 10.9. The summed E-state index contributed by atoms with van der Waals surface area (Å²) < 4.78 is 20.7. The molecule has 3 atom stereocenters. The number of benzene rings is 1. The van der Waals surface area contributed by atoms with Crippen molar-refractivity contribution in [2.45, 2.75) is 30.9 Å². The zero-order valence-corrected chi connectivity index (χ0v) is 17.8. The van der Waals surface area contributed by atoms with Crippen LogP contribution in [-0.4, -0.2) is 35.0 Å². The molecule has 0 saturated heterocycles. The van der Waals surface area contributed by atoms with Crippen LogP contribution >= 0.6 is 11.8 Å². The number of halogens is 1. The van der Waals surface area contributed by atoms with Gasteiger partial charge in [-0.3, -0.25) is 9.79 Å². The van der Waals surface area contributed by atoms with Gasteiger partial charge in [-0.15, -0.1) is 0 Å². The summed E-state index contributed by atoms with van der Waals surface area (Å²) in [5.41, 5.74) is 6.61. The van der Waals surface area contributed by atoms with Crippen molar-refractivity contribution in [3.8, 4) is 6.07 Å². The van der Waals surface area contributed by atoms with E-state index in [2.05, 4.69) is 10.3 Å². The van der Waals surface area contributed by atoms with Gasteiger partial charge in [0.2, 0.25) is 0 Å². The second-order valence-corrected chi connectivity index (χ2v) is 8.75. The molecule has 0 bridgehead atoms. The van der Waals surface area contributed by atoms with E-state index in [-0.39, 0.29) is 23.5 Å². The lowest BCUT2D eigenvalue weighted by Gasteiger charge is -2.46. The van der Waals surface area contributed by atoms with Crippen molar-refractivity contribution in [3.05, 3.63) is 59.2 Å². The number of thioether (sulfide) groups is 1. The van der Waals surface area contributed by atoms with Gasteiger partial charge in [0.1, 0.15) is 17.6 Å². The maximum Gasteiger partial charge on any atom is 0.274 e. The number of pyridine rings is 1. The molecule has 0 unspecified atom stereocenters. The highest BCUT2D eigenvalue weighted by Crippen LogP contribution is 2.50. The lowest BCUT2D eigenvalue weighted by molar-refractivity contribution is 0.0193. The quantitative estimate of drug-likeness (QED) is 0.755. The van der Waals surface area contributed by atoms with Crippen LogP contribution in [0.15, 0.2) is 41.5 Å². The van der Waals surface area contributed by atoms with E-state index in [1.54, 1.807) is 13.2 Å². The molecule has 4 rings (SSSR count). The molecule has 0 radical (unpaired) electrons. The van der Waals surface area contributed by atoms with Gasteiger partial charge >= 0.3 is 0 Å². The minimum absolute atomic E-state index is 0.0450. The van der Waals surface area contributed by atoms with Gasteiger partial charge in [0.15, 0.2) is 5.17 Å². The van der Waals surface area contributed by atoms with Crippen LogP contribution in [0.2, 0.25) is 0 Å². The molecule has 1 aromatic carbocycles. The zero-order chi connectivity index (χ0) is 22.0. The van der Waals surface area contributed by atoms with E-state index in [1.807, 2.05) is 6.07 Å². The predicted octanol–water partition coefficient (Wildman–Crippen LogP) is 3.42. The third-order valence-corrected chi connectivity index (χ3v) is 6.90. The van der Waals surface area contributed by atoms with E-state index in [9.17, 15) is 4.79 Å². The average Bonchev–Trinajstić information content (AvgIpc) is 2.79. The summed E-state index contributed by atoms with van der Waals surface area (Å²) in [7, 11) is 1.65. The fraction of sp³-hybridized carbons (Fsp3) is 0.364. The number of nitrogens with one attached hydrogen (secondary N) is 1. The van der Waals surface area contributed by atoms with E-state index >= 15 is 4.39 Å². The topological polar surface area (TPSA) is 113 Å². The van der Waals surface area contributed by atoms with Gasteiger partial charge in [-0.1, -0.05) is 11.8 Å². The maximum absolute atomic E-state index is 15.1. The van der Waals surface area contributed by atoms with Crippen LogP contribution in [0.5, 0.6) is 0 Å². The highest BCUT2D eigenvalue weighted by molar-refractivity contribution is 8.13. The number of aromatic nitrogens is 1. The van der Waals surface area contributed by atoms with Gasteiger partial charge in [-0.2, -0.15) is 5.26 Å². The molecule has 1 aromatic heterocycles. The number of anilines is 1. The van der Waals surface area contributed by atoms with Crippen molar-refractivity contribution in [1.29, 1.82) is 5.26 Å². The number of rotatable bonds is 4. The number of nitrogens with two attached hydrogens (primary N) is 1. The first kappa shape index (κ1) is 21.3. The number of nitriles is 1. The van der Waals surface area contributed by atoms with Crippen molar-refractivity contribution in [2.75, 3.05) is 18.2 Å². The van der Waals surface area contributed by atoms with Crippen LogP contribution in [0.1, 0.15) is 40.9 Å². The minimum Gasteiger partial charge on any atom is -0.381 e. The molecule has 7 nitrogen and oxygen atoms in total. The summed E-state index contributed by atoms with van der Waals surface area (Å²) in [5, 5.41) is 12.1. The molecule has 0 spiro atoms. The Morgan fingerprint density at radius 3 is 2.94 bits per heavy atom. The van der Waals surface area contributed by atoms with E-state index < -0.39 is 11.4 Å². The lowest BCUT2D eigenvalue weighted by Crippen LogP contribution is -2.47. The fourth-order valence-electron chi connectivity index (χ4n) is 4.33. The standard InChI is InChI=1S/C22H22FN5O2S/c1-30-16-5-3-14-12-31-21(25)28-22(14,9-16)17-8-15(4-6-18(17)23)27-20(29)19-7-2-13(10-24)11-26-19/h2,4,6-8,11,14,16H,3,5,9,12H2,1H3,(H2,25,28)(H,27,29)/t14-,16+,22-/m0/s1. The molecule has 3 N–H and O–H groups in total. The lowest BCUT2D eigenvalue weighted by atomic mass is 9.68. The molecule has 2 aromatic rings. The number of nitrogens with zero attached hydrogens (tertiary/aromatic N) is 3. The molecule has 1 amide bonds. The first-order valence-electron chi connectivity index (χ1n) is 9.93. The Balaban J connectivity index is 1.68. The number of amides is 1. The third kappa shape index (κ3) is 4.13. The number of amidine groups is 1. The Bertz CT molecular complexity index is 1070. The van der Waals surface area contributed by atoms with Crippen molar-refractivity contribution >= 4 is 28.5 Å². The van der Waals surface area contributed by atoms with Gasteiger partial charge in [0.05, 0.1) is 17.2 Å².